The largest absolute Gasteiger partial charge is 0.494 e. The third-order valence-electron chi connectivity index (χ3n) is 2.76. The highest BCUT2D eigenvalue weighted by atomic mass is 16.5. The van der Waals surface area contributed by atoms with Crippen molar-refractivity contribution in [1.82, 2.24) is 0 Å². The first-order valence-corrected chi connectivity index (χ1v) is 6.09. The Labute approximate surface area is 107 Å². The summed E-state index contributed by atoms with van der Waals surface area (Å²) in [6, 6.07) is 13.6. The van der Waals surface area contributed by atoms with Gasteiger partial charge in [0.05, 0.1) is 18.0 Å². The van der Waals surface area contributed by atoms with Gasteiger partial charge in [0.25, 0.3) is 0 Å². The molecule has 2 rings (SSSR count). The second kappa shape index (κ2) is 5.45. The maximum absolute atomic E-state index is 6.00. The minimum atomic E-state index is 0.604. The number of nitrogens with two attached hydrogens (primary N) is 2. The van der Waals surface area contributed by atoms with Crippen molar-refractivity contribution in [2.45, 2.75) is 13.3 Å². The topological polar surface area (TPSA) is 61.3 Å². The minimum Gasteiger partial charge on any atom is -0.494 e. The van der Waals surface area contributed by atoms with Gasteiger partial charge >= 0.3 is 0 Å². The number of ether oxygens (including phenoxy) is 1. The molecule has 0 atom stereocenters. The van der Waals surface area contributed by atoms with Gasteiger partial charge in [0, 0.05) is 5.56 Å². The molecule has 4 N–H and O–H groups in total. The fourth-order valence-corrected chi connectivity index (χ4v) is 1.81. The molecule has 2 aromatic carbocycles. The van der Waals surface area contributed by atoms with Crippen LogP contribution in [0.4, 0.5) is 11.4 Å². The van der Waals surface area contributed by atoms with E-state index in [-0.39, 0.29) is 0 Å². The summed E-state index contributed by atoms with van der Waals surface area (Å²) in [6.07, 6.45) is 0.991. The molecule has 3 nitrogen and oxygen atoms in total. The van der Waals surface area contributed by atoms with Crippen LogP contribution in [0.2, 0.25) is 0 Å². The van der Waals surface area contributed by atoms with Crippen molar-refractivity contribution in [2.75, 3.05) is 18.1 Å². The zero-order valence-electron chi connectivity index (χ0n) is 10.5. The maximum Gasteiger partial charge on any atom is 0.119 e. The molecule has 0 aliphatic heterocycles. The number of anilines is 2. The standard InChI is InChI=1S/C15H18N2O/c1-2-9-18-12-6-3-5-11(10-12)13-7-4-8-14(16)15(13)17/h3-8,10H,2,9,16-17H2,1H3. The Morgan fingerprint density at radius 2 is 1.83 bits per heavy atom. The summed E-state index contributed by atoms with van der Waals surface area (Å²) >= 11 is 0. The van der Waals surface area contributed by atoms with Gasteiger partial charge in [-0.05, 0) is 30.2 Å². The molecule has 18 heavy (non-hydrogen) atoms. The van der Waals surface area contributed by atoms with Gasteiger partial charge < -0.3 is 16.2 Å². The van der Waals surface area contributed by atoms with Crippen LogP contribution in [-0.2, 0) is 0 Å². The van der Waals surface area contributed by atoms with Crippen LogP contribution >= 0.6 is 0 Å². The average Bonchev–Trinajstić information content (AvgIpc) is 2.40. The maximum atomic E-state index is 6.00. The first-order valence-electron chi connectivity index (χ1n) is 6.09. The van der Waals surface area contributed by atoms with Gasteiger partial charge in [-0.3, -0.25) is 0 Å². The molecular weight excluding hydrogens is 224 g/mol. The van der Waals surface area contributed by atoms with E-state index in [1.165, 1.54) is 0 Å². The van der Waals surface area contributed by atoms with E-state index in [2.05, 4.69) is 6.92 Å². The Morgan fingerprint density at radius 1 is 1.06 bits per heavy atom. The smallest absolute Gasteiger partial charge is 0.119 e. The van der Waals surface area contributed by atoms with Gasteiger partial charge in [0.15, 0.2) is 0 Å². The molecule has 0 amide bonds. The lowest BCUT2D eigenvalue weighted by molar-refractivity contribution is 0.317. The predicted molar refractivity (Wildman–Crippen MR) is 76.5 cm³/mol. The normalized spacial score (nSPS) is 10.3. The monoisotopic (exact) mass is 242 g/mol. The van der Waals surface area contributed by atoms with E-state index in [9.17, 15) is 0 Å². The molecule has 0 fully saturated rings. The number of hydrogen-bond acceptors (Lipinski definition) is 3. The van der Waals surface area contributed by atoms with Crippen molar-refractivity contribution in [3.63, 3.8) is 0 Å². The summed E-state index contributed by atoms with van der Waals surface area (Å²) in [5.74, 6) is 0.858. The summed E-state index contributed by atoms with van der Waals surface area (Å²) in [7, 11) is 0. The van der Waals surface area contributed by atoms with Crippen LogP contribution in [-0.4, -0.2) is 6.61 Å². The molecule has 2 aromatic rings. The number of rotatable bonds is 4. The van der Waals surface area contributed by atoms with Gasteiger partial charge in [-0.2, -0.15) is 0 Å². The summed E-state index contributed by atoms with van der Waals surface area (Å²) in [5, 5.41) is 0. The molecule has 94 valence electrons. The van der Waals surface area contributed by atoms with Crippen LogP contribution in [0.25, 0.3) is 11.1 Å². The quantitative estimate of drug-likeness (QED) is 0.808. The second-order valence-electron chi connectivity index (χ2n) is 4.18. The highest BCUT2D eigenvalue weighted by Gasteiger charge is 2.05. The van der Waals surface area contributed by atoms with Gasteiger partial charge in [0.1, 0.15) is 5.75 Å². The molecule has 0 radical (unpaired) electrons. The summed E-state index contributed by atoms with van der Waals surface area (Å²) in [6.45, 7) is 2.80. The molecule has 0 aliphatic carbocycles. The Morgan fingerprint density at radius 3 is 2.61 bits per heavy atom. The molecule has 0 unspecified atom stereocenters. The molecule has 0 saturated carbocycles. The number of benzene rings is 2. The molecular formula is C15H18N2O. The molecule has 3 heteroatoms. The van der Waals surface area contributed by atoms with Crippen LogP contribution in [0.3, 0.4) is 0 Å². The molecule has 0 heterocycles. The van der Waals surface area contributed by atoms with Crippen LogP contribution in [0.1, 0.15) is 13.3 Å². The summed E-state index contributed by atoms with van der Waals surface area (Å²) in [5.41, 5.74) is 15.0. The first-order chi connectivity index (χ1) is 8.72. The molecule has 0 aromatic heterocycles. The predicted octanol–water partition coefficient (Wildman–Crippen LogP) is 3.31. The van der Waals surface area contributed by atoms with E-state index in [1.54, 1.807) is 6.07 Å². The second-order valence-corrected chi connectivity index (χ2v) is 4.18. The number of hydrogen-bond donors (Lipinski definition) is 2. The van der Waals surface area contributed by atoms with Crippen LogP contribution < -0.4 is 16.2 Å². The third kappa shape index (κ3) is 2.56. The lowest BCUT2D eigenvalue weighted by Crippen LogP contribution is -1.98. The van der Waals surface area contributed by atoms with E-state index in [4.69, 9.17) is 16.2 Å². The fraction of sp³-hybridized carbons (Fsp3) is 0.200. The van der Waals surface area contributed by atoms with Crippen LogP contribution in [0, 0.1) is 0 Å². The van der Waals surface area contributed by atoms with E-state index in [1.807, 2.05) is 36.4 Å². The Hall–Kier alpha value is -2.16. The Bertz CT molecular complexity index is 538. The van der Waals surface area contributed by atoms with Gasteiger partial charge in [0.2, 0.25) is 0 Å². The lowest BCUT2D eigenvalue weighted by atomic mass is 10.0. The highest BCUT2D eigenvalue weighted by molar-refractivity contribution is 5.84. The fourth-order valence-electron chi connectivity index (χ4n) is 1.81. The van der Waals surface area contributed by atoms with E-state index >= 15 is 0 Å². The van der Waals surface area contributed by atoms with Crippen molar-refractivity contribution in [1.29, 1.82) is 0 Å². The van der Waals surface area contributed by atoms with E-state index < -0.39 is 0 Å². The van der Waals surface area contributed by atoms with Crippen molar-refractivity contribution in [3.05, 3.63) is 42.5 Å². The highest BCUT2D eigenvalue weighted by Crippen LogP contribution is 2.31. The van der Waals surface area contributed by atoms with E-state index in [0.29, 0.717) is 11.4 Å². The minimum absolute atomic E-state index is 0.604. The van der Waals surface area contributed by atoms with Gasteiger partial charge in [-0.1, -0.05) is 31.2 Å². The molecule has 0 bridgehead atoms. The number of nitrogen functional groups attached to an aromatic ring is 2. The molecule has 0 saturated heterocycles. The van der Waals surface area contributed by atoms with Crippen LogP contribution in [0.15, 0.2) is 42.5 Å². The third-order valence-corrected chi connectivity index (χ3v) is 2.76. The van der Waals surface area contributed by atoms with Gasteiger partial charge in [-0.15, -0.1) is 0 Å². The lowest BCUT2D eigenvalue weighted by Gasteiger charge is -2.10. The summed E-state index contributed by atoms with van der Waals surface area (Å²) < 4.78 is 5.62. The Balaban J connectivity index is 2.35. The molecule has 0 spiro atoms. The molecule has 0 aliphatic rings. The zero-order valence-corrected chi connectivity index (χ0v) is 10.5. The van der Waals surface area contributed by atoms with E-state index in [0.717, 1.165) is 29.9 Å². The first kappa shape index (κ1) is 12.3. The van der Waals surface area contributed by atoms with Crippen molar-refractivity contribution < 1.29 is 4.74 Å². The van der Waals surface area contributed by atoms with Crippen molar-refractivity contribution >= 4 is 11.4 Å². The van der Waals surface area contributed by atoms with Crippen molar-refractivity contribution in [3.8, 4) is 16.9 Å². The van der Waals surface area contributed by atoms with Crippen molar-refractivity contribution in [2.24, 2.45) is 0 Å². The average molecular weight is 242 g/mol. The zero-order chi connectivity index (χ0) is 13.0. The number of para-hydroxylation sites is 1. The SMILES string of the molecule is CCCOc1cccc(-c2cccc(N)c2N)c1. The Kier molecular flexibility index (Phi) is 3.72. The van der Waals surface area contributed by atoms with Gasteiger partial charge in [-0.25, -0.2) is 0 Å². The summed E-state index contributed by atoms with van der Waals surface area (Å²) in [4.78, 5) is 0. The van der Waals surface area contributed by atoms with Crippen LogP contribution in [0.5, 0.6) is 5.75 Å².